The third-order valence-corrected chi connectivity index (χ3v) is 4.84. The number of amides is 2. The highest BCUT2D eigenvalue weighted by Crippen LogP contribution is 2.42. The second-order valence-electron chi connectivity index (χ2n) is 6.15. The van der Waals surface area contributed by atoms with Crippen molar-refractivity contribution in [1.29, 1.82) is 0 Å². The minimum Gasteiger partial charge on any atom is -0.341 e. The molecular formula is C16H20ClN3O2. The lowest BCUT2D eigenvalue weighted by Crippen LogP contribution is -2.46. The number of hydrogen-bond acceptors (Lipinski definition) is 3. The van der Waals surface area contributed by atoms with E-state index >= 15 is 0 Å². The Morgan fingerprint density at radius 2 is 2.09 bits per heavy atom. The molecule has 1 saturated heterocycles. The number of nitrogens with zero attached hydrogens (tertiary/aromatic N) is 1. The average Bonchev–Trinajstić information content (AvgIpc) is 2.81. The first-order chi connectivity index (χ1) is 10.5. The van der Waals surface area contributed by atoms with Gasteiger partial charge in [0.1, 0.15) is 0 Å². The molecule has 1 aromatic carbocycles. The molecule has 2 heterocycles. The summed E-state index contributed by atoms with van der Waals surface area (Å²) in [7, 11) is 0. The predicted molar refractivity (Wildman–Crippen MR) is 85.8 cm³/mol. The van der Waals surface area contributed by atoms with Crippen molar-refractivity contribution < 1.29 is 9.59 Å². The fraction of sp³-hybridized carbons (Fsp3) is 0.500. The third kappa shape index (κ3) is 2.71. The van der Waals surface area contributed by atoms with Crippen LogP contribution in [0.1, 0.15) is 31.2 Å². The first-order valence-electron chi connectivity index (χ1n) is 7.62. The predicted octanol–water partition coefficient (Wildman–Crippen LogP) is 1.96. The van der Waals surface area contributed by atoms with Gasteiger partial charge in [-0.05, 0) is 43.4 Å². The second-order valence-corrected chi connectivity index (χ2v) is 6.59. The monoisotopic (exact) mass is 321 g/mol. The number of nitrogens with two attached hydrogens (primary N) is 1. The van der Waals surface area contributed by atoms with Gasteiger partial charge in [-0.25, -0.2) is 0 Å². The Bertz CT molecular complexity index is 609. The van der Waals surface area contributed by atoms with Crippen molar-refractivity contribution in [2.24, 2.45) is 11.7 Å². The normalized spacial score (nSPS) is 23.1. The van der Waals surface area contributed by atoms with E-state index in [0.29, 0.717) is 18.1 Å². The quantitative estimate of drug-likeness (QED) is 0.874. The Morgan fingerprint density at radius 1 is 1.41 bits per heavy atom. The van der Waals surface area contributed by atoms with Crippen LogP contribution >= 0.6 is 11.6 Å². The van der Waals surface area contributed by atoms with E-state index in [1.165, 1.54) is 0 Å². The Balaban J connectivity index is 1.72. The number of benzene rings is 1. The van der Waals surface area contributed by atoms with Crippen LogP contribution in [0.2, 0.25) is 5.02 Å². The van der Waals surface area contributed by atoms with Crippen LogP contribution in [0.4, 0.5) is 5.69 Å². The standard InChI is InChI=1S/C16H20ClN3O2/c1-9(18)16(22)20-6-4-10(5-7-20)14-12-3-2-11(17)8-13(12)19-15(14)21/h2-3,8-10,14H,4-7,18H2,1H3,(H,19,21)/t9-,14?/m1/s1. The molecule has 0 aliphatic carbocycles. The summed E-state index contributed by atoms with van der Waals surface area (Å²) in [6.45, 7) is 3.04. The summed E-state index contributed by atoms with van der Waals surface area (Å²) in [5.74, 6) is 0.134. The molecule has 1 aromatic rings. The Hall–Kier alpha value is -1.59. The smallest absolute Gasteiger partial charge is 0.239 e. The lowest BCUT2D eigenvalue weighted by Gasteiger charge is -2.35. The summed E-state index contributed by atoms with van der Waals surface area (Å²) in [5, 5.41) is 3.54. The zero-order valence-corrected chi connectivity index (χ0v) is 13.3. The van der Waals surface area contributed by atoms with Gasteiger partial charge in [0.2, 0.25) is 11.8 Å². The number of carbonyl (C=O) groups excluding carboxylic acids is 2. The van der Waals surface area contributed by atoms with Crippen LogP contribution in [0, 0.1) is 5.92 Å². The van der Waals surface area contributed by atoms with Gasteiger partial charge in [-0.2, -0.15) is 0 Å². The van der Waals surface area contributed by atoms with Gasteiger partial charge in [0, 0.05) is 23.8 Å². The molecule has 2 atom stereocenters. The van der Waals surface area contributed by atoms with E-state index in [-0.39, 0.29) is 23.7 Å². The van der Waals surface area contributed by atoms with E-state index in [9.17, 15) is 9.59 Å². The molecular weight excluding hydrogens is 302 g/mol. The number of fused-ring (bicyclic) bond motifs is 1. The number of anilines is 1. The maximum atomic E-state index is 12.3. The van der Waals surface area contributed by atoms with Crippen LogP contribution in [0.15, 0.2) is 18.2 Å². The number of piperidine rings is 1. The highest BCUT2D eigenvalue weighted by atomic mass is 35.5. The fourth-order valence-electron chi connectivity index (χ4n) is 3.47. The summed E-state index contributed by atoms with van der Waals surface area (Å²) >= 11 is 5.98. The molecule has 0 aromatic heterocycles. The van der Waals surface area contributed by atoms with Gasteiger partial charge in [0.25, 0.3) is 0 Å². The molecule has 0 spiro atoms. The largest absolute Gasteiger partial charge is 0.341 e. The van der Waals surface area contributed by atoms with E-state index in [0.717, 1.165) is 24.1 Å². The summed E-state index contributed by atoms with van der Waals surface area (Å²) in [6.07, 6.45) is 1.64. The highest BCUT2D eigenvalue weighted by Gasteiger charge is 2.39. The van der Waals surface area contributed by atoms with Crippen molar-refractivity contribution in [1.82, 2.24) is 4.90 Å². The molecule has 0 bridgehead atoms. The molecule has 1 unspecified atom stereocenters. The zero-order chi connectivity index (χ0) is 15.9. The number of nitrogens with one attached hydrogen (secondary N) is 1. The highest BCUT2D eigenvalue weighted by molar-refractivity contribution is 6.31. The van der Waals surface area contributed by atoms with E-state index in [1.54, 1.807) is 17.9 Å². The van der Waals surface area contributed by atoms with Gasteiger partial charge in [-0.3, -0.25) is 9.59 Å². The topological polar surface area (TPSA) is 75.4 Å². The van der Waals surface area contributed by atoms with Crippen LogP contribution in [-0.4, -0.2) is 35.8 Å². The number of hydrogen-bond donors (Lipinski definition) is 2. The molecule has 2 aliphatic heterocycles. The van der Waals surface area contributed by atoms with Crippen molar-refractivity contribution in [2.75, 3.05) is 18.4 Å². The van der Waals surface area contributed by atoms with Gasteiger partial charge >= 0.3 is 0 Å². The lowest BCUT2D eigenvalue weighted by molar-refractivity contribution is -0.133. The summed E-state index contributed by atoms with van der Waals surface area (Å²) < 4.78 is 0. The van der Waals surface area contributed by atoms with Gasteiger partial charge < -0.3 is 16.0 Å². The molecule has 3 N–H and O–H groups in total. The average molecular weight is 322 g/mol. The minimum absolute atomic E-state index is 0.0125. The van der Waals surface area contributed by atoms with E-state index in [2.05, 4.69) is 5.32 Å². The molecule has 1 fully saturated rings. The van der Waals surface area contributed by atoms with Crippen molar-refractivity contribution in [3.63, 3.8) is 0 Å². The van der Waals surface area contributed by atoms with Gasteiger partial charge in [0.05, 0.1) is 12.0 Å². The second kappa shape index (κ2) is 5.89. The first-order valence-corrected chi connectivity index (χ1v) is 8.00. The number of rotatable bonds is 2. The molecule has 6 heteroatoms. The molecule has 0 saturated carbocycles. The third-order valence-electron chi connectivity index (χ3n) is 4.60. The molecule has 118 valence electrons. The maximum absolute atomic E-state index is 12.3. The van der Waals surface area contributed by atoms with E-state index < -0.39 is 6.04 Å². The van der Waals surface area contributed by atoms with Gasteiger partial charge in [0.15, 0.2) is 0 Å². The fourth-order valence-corrected chi connectivity index (χ4v) is 3.64. The van der Waals surface area contributed by atoms with Crippen molar-refractivity contribution in [3.8, 4) is 0 Å². The minimum atomic E-state index is -0.464. The van der Waals surface area contributed by atoms with Crippen LogP contribution in [0.5, 0.6) is 0 Å². The zero-order valence-electron chi connectivity index (χ0n) is 12.5. The number of likely N-dealkylation sites (tertiary alicyclic amines) is 1. The lowest BCUT2D eigenvalue weighted by atomic mass is 9.80. The van der Waals surface area contributed by atoms with Crippen LogP contribution in [-0.2, 0) is 9.59 Å². The summed E-state index contributed by atoms with van der Waals surface area (Å²) in [4.78, 5) is 26.0. The van der Waals surface area contributed by atoms with Gasteiger partial charge in [-0.15, -0.1) is 0 Å². The van der Waals surface area contributed by atoms with E-state index in [4.69, 9.17) is 17.3 Å². The maximum Gasteiger partial charge on any atom is 0.239 e. The summed E-state index contributed by atoms with van der Waals surface area (Å²) in [6, 6.07) is 5.08. The summed E-state index contributed by atoms with van der Waals surface area (Å²) in [5.41, 5.74) is 7.49. The molecule has 2 aliphatic rings. The number of carbonyl (C=O) groups is 2. The molecule has 3 rings (SSSR count). The SMILES string of the molecule is C[C@@H](N)C(=O)N1CCC(C2C(=O)Nc3cc(Cl)ccc32)CC1. The van der Waals surface area contributed by atoms with Crippen molar-refractivity contribution in [3.05, 3.63) is 28.8 Å². The Labute approximate surface area is 134 Å². The van der Waals surface area contributed by atoms with E-state index in [1.807, 2.05) is 12.1 Å². The first kappa shape index (κ1) is 15.3. The van der Waals surface area contributed by atoms with Gasteiger partial charge in [-0.1, -0.05) is 17.7 Å². The Kier molecular flexibility index (Phi) is 4.10. The van der Waals surface area contributed by atoms with Crippen LogP contribution < -0.4 is 11.1 Å². The molecule has 0 radical (unpaired) electrons. The van der Waals surface area contributed by atoms with Crippen LogP contribution in [0.3, 0.4) is 0 Å². The molecule has 22 heavy (non-hydrogen) atoms. The molecule has 2 amide bonds. The Morgan fingerprint density at radius 3 is 2.73 bits per heavy atom. The number of halogens is 1. The van der Waals surface area contributed by atoms with Crippen molar-refractivity contribution >= 4 is 29.1 Å². The van der Waals surface area contributed by atoms with Crippen LogP contribution in [0.25, 0.3) is 0 Å². The molecule has 5 nitrogen and oxygen atoms in total. The van der Waals surface area contributed by atoms with Crippen molar-refractivity contribution in [2.45, 2.75) is 31.7 Å².